The molecule has 1 atom stereocenters. The first-order valence-corrected chi connectivity index (χ1v) is 11.8. The number of oxazole rings is 1. The summed E-state index contributed by atoms with van der Waals surface area (Å²) in [5.41, 5.74) is 0.502. The van der Waals surface area contributed by atoms with Crippen LogP contribution < -0.4 is 10.7 Å². The van der Waals surface area contributed by atoms with Crippen LogP contribution in [-0.2, 0) is 20.9 Å². The Morgan fingerprint density at radius 2 is 1.83 bits per heavy atom. The molecule has 9 nitrogen and oxygen atoms in total. The van der Waals surface area contributed by atoms with Crippen LogP contribution in [0.3, 0.4) is 0 Å². The van der Waals surface area contributed by atoms with Crippen molar-refractivity contribution in [2.45, 2.75) is 45.3 Å². The number of fused-ring (bicyclic) bond motifs is 4. The SMILES string of the molecule is CC(C)CN1C(=O)c2ccccc2N2C(=O)CCC12C(=O)OCCCn1c(=O)oc2ccccc21. The van der Waals surface area contributed by atoms with E-state index in [1.165, 1.54) is 14.4 Å². The number of hydrogen-bond donors (Lipinski definition) is 0. The van der Waals surface area contributed by atoms with E-state index in [1.807, 2.05) is 19.9 Å². The number of nitrogens with zero attached hydrogens (tertiary/aromatic N) is 3. The summed E-state index contributed by atoms with van der Waals surface area (Å²) >= 11 is 0. The fourth-order valence-electron chi connectivity index (χ4n) is 5.09. The third-order valence-corrected chi connectivity index (χ3v) is 6.58. The van der Waals surface area contributed by atoms with Crippen LogP contribution in [-0.4, -0.2) is 46.1 Å². The van der Waals surface area contributed by atoms with E-state index in [-0.39, 0.29) is 37.2 Å². The third kappa shape index (κ3) is 3.62. The van der Waals surface area contributed by atoms with Gasteiger partial charge in [-0.15, -0.1) is 0 Å². The molecular weight excluding hydrogens is 450 g/mol. The highest BCUT2D eigenvalue weighted by Gasteiger charge is 2.61. The molecule has 3 aromatic rings. The average Bonchev–Trinajstić information content (AvgIpc) is 3.36. The zero-order valence-corrected chi connectivity index (χ0v) is 19.7. The lowest BCUT2D eigenvalue weighted by Crippen LogP contribution is -2.69. The van der Waals surface area contributed by atoms with E-state index in [9.17, 15) is 19.2 Å². The summed E-state index contributed by atoms with van der Waals surface area (Å²) in [4.78, 5) is 55.3. The van der Waals surface area contributed by atoms with E-state index in [0.29, 0.717) is 41.9 Å². The zero-order chi connectivity index (χ0) is 24.7. The third-order valence-electron chi connectivity index (χ3n) is 6.58. The molecule has 2 aliphatic heterocycles. The number of ether oxygens (including phenoxy) is 1. The topological polar surface area (TPSA) is 102 Å². The highest BCUT2D eigenvalue weighted by atomic mass is 16.5. The van der Waals surface area contributed by atoms with Gasteiger partial charge in [-0.1, -0.05) is 38.1 Å². The Hall–Kier alpha value is -3.88. The predicted molar refractivity (Wildman–Crippen MR) is 128 cm³/mol. The quantitative estimate of drug-likeness (QED) is 0.383. The van der Waals surface area contributed by atoms with Crippen LogP contribution in [0.25, 0.3) is 11.1 Å². The fourth-order valence-corrected chi connectivity index (χ4v) is 5.09. The summed E-state index contributed by atoms with van der Waals surface area (Å²) < 4.78 is 12.4. The molecule has 0 N–H and O–H groups in total. The van der Waals surface area contributed by atoms with Gasteiger partial charge in [0.2, 0.25) is 11.6 Å². The van der Waals surface area contributed by atoms with Crippen LogP contribution in [0, 0.1) is 5.92 Å². The lowest BCUT2D eigenvalue weighted by atomic mass is 9.95. The molecule has 0 bridgehead atoms. The number of carbonyl (C=O) groups is 3. The summed E-state index contributed by atoms with van der Waals surface area (Å²) in [6, 6.07) is 14.0. The van der Waals surface area contributed by atoms with Gasteiger partial charge in [0.25, 0.3) is 5.91 Å². The van der Waals surface area contributed by atoms with Gasteiger partial charge in [-0.3, -0.25) is 19.1 Å². The predicted octanol–water partition coefficient (Wildman–Crippen LogP) is 3.16. The van der Waals surface area contributed by atoms with Crippen molar-refractivity contribution in [1.29, 1.82) is 0 Å². The Morgan fingerprint density at radius 3 is 2.63 bits per heavy atom. The normalized spacial score (nSPS) is 19.4. The molecule has 182 valence electrons. The minimum atomic E-state index is -1.51. The Labute approximate surface area is 201 Å². The fraction of sp³-hybridized carbons (Fsp3) is 0.385. The van der Waals surface area contributed by atoms with Gasteiger partial charge in [0.1, 0.15) is 0 Å². The summed E-state index contributed by atoms with van der Waals surface area (Å²) in [5.74, 6) is -1.52. The molecule has 1 unspecified atom stereocenters. The van der Waals surface area contributed by atoms with Crippen molar-refractivity contribution in [2.24, 2.45) is 5.92 Å². The minimum absolute atomic E-state index is 0.0277. The maximum atomic E-state index is 13.6. The van der Waals surface area contributed by atoms with E-state index < -0.39 is 17.4 Å². The molecule has 1 fully saturated rings. The first kappa shape index (κ1) is 22.9. The summed E-state index contributed by atoms with van der Waals surface area (Å²) in [5, 5.41) is 0. The maximum absolute atomic E-state index is 13.6. The van der Waals surface area contributed by atoms with Crippen LogP contribution in [0.15, 0.2) is 57.7 Å². The van der Waals surface area contributed by atoms with Gasteiger partial charge < -0.3 is 14.1 Å². The summed E-state index contributed by atoms with van der Waals surface area (Å²) in [7, 11) is 0. The van der Waals surface area contributed by atoms with Crippen LogP contribution >= 0.6 is 0 Å². The van der Waals surface area contributed by atoms with Gasteiger partial charge in [0.15, 0.2) is 5.58 Å². The summed E-state index contributed by atoms with van der Waals surface area (Å²) in [6.45, 7) is 4.56. The molecule has 0 saturated carbocycles. The average molecular weight is 478 g/mol. The largest absolute Gasteiger partial charge is 0.462 e. The Kier molecular flexibility index (Phi) is 5.70. The Bertz CT molecular complexity index is 1370. The molecular formula is C26H27N3O6. The Morgan fingerprint density at radius 1 is 1.09 bits per heavy atom. The van der Waals surface area contributed by atoms with E-state index in [4.69, 9.17) is 9.15 Å². The van der Waals surface area contributed by atoms with Crippen LogP contribution in [0.4, 0.5) is 5.69 Å². The van der Waals surface area contributed by atoms with Gasteiger partial charge in [0, 0.05) is 25.9 Å². The molecule has 1 aromatic heterocycles. The van der Waals surface area contributed by atoms with Gasteiger partial charge in [0.05, 0.1) is 23.4 Å². The highest BCUT2D eigenvalue weighted by molar-refractivity contribution is 6.15. The number of esters is 1. The number of para-hydroxylation sites is 3. The molecule has 2 aromatic carbocycles. The summed E-state index contributed by atoms with van der Waals surface area (Å²) in [6.07, 6.45) is 0.679. The molecule has 5 rings (SSSR count). The maximum Gasteiger partial charge on any atom is 0.419 e. The number of aryl methyl sites for hydroxylation is 1. The van der Waals surface area contributed by atoms with Crippen molar-refractivity contribution >= 4 is 34.6 Å². The number of rotatable bonds is 7. The second-order valence-corrected chi connectivity index (χ2v) is 9.35. The van der Waals surface area contributed by atoms with E-state index in [0.717, 1.165) is 0 Å². The zero-order valence-electron chi connectivity index (χ0n) is 19.7. The number of carbonyl (C=O) groups excluding carboxylic acids is 3. The van der Waals surface area contributed by atoms with Crippen LogP contribution in [0.2, 0.25) is 0 Å². The number of aromatic nitrogens is 1. The van der Waals surface area contributed by atoms with Gasteiger partial charge >= 0.3 is 11.7 Å². The standard InChI is InChI=1S/C26H27N3O6/c1-17(2)16-28-23(31)18-8-3-4-9-19(18)29-22(30)12-13-26(28,29)24(32)34-15-7-14-27-20-10-5-6-11-21(20)35-25(27)33/h3-6,8-11,17H,7,12-16H2,1-2H3. The number of hydrogen-bond acceptors (Lipinski definition) is 6. The molecule has 0 spiro atoms. The first-order valence-electron chi connectivity index (χ1n) is 11.8. The van der Waals surface area contributed by atoms with E-state index >= 15 is 0 Å². The van der Waals surface area contributed by atoms with Crippen LogP contribution in [0.5, 0.6) is 0 Å². The lowest BCUT2D eigenvalue weighted by Gasteiger charge is -2.48. The van der Waals surface area contributed by atoms with Crippen LogP contribution in [0.1, 0.15) is 43.5 Å². The van der Waals surface area contributed by atoms with Crippen molar-refractivity contribution in [2.75, 3.05) is 18.1 Å². The van der Waals surface area contributed by atoms with Crippen molar-refractivity contribution in [3.63, 3.8) is 0 Å². The molecule has 2 amide bonds. The lowest BCUT2D eigenvalue weighted by molar-refractivity contribution is -0.157. The van der Waals surface area contributed by atoms with Crippen molar-refractivity contribution in [1.82, 2.24) is 9.47 Å². The number of anilines is 1. The molecule has 3 heterocycles. The molecule has 9 heteroatoms. The van der Waals surface area contributed by atoms with Crippen molar-refractivity contribution < 1.29 is 23.5 Å². The van der Waals surface area contributed by atoms with E-state index in [1.54, 1.807) is 42.5 Å². The smallest absolute Gasteiger partial charge is 0.419 e. The van der Waals surface area contributed by atoms with Gasteiger partial charge in [-0.05, 0) is 36.6 Å². The van der Waals surface area contributed by atoms with Gasteiger partial charge in [-0.25, -0.2) is 9.59 Å². The van der Waals surface area contributed by atoms with Gasteiger partial charge in [-0.2, -0.15) is 0 Å². The highest BCUT2D eigenvalue weighted by Crippen LogP contribution is 2.45. The first-order chi connectivity index (χ1) is 16.8. The Balaban J connectivity index is 1.39. The second kappa shape index (κ2) is 8.72. The monoisotopic (exact) mass is 477 g/mol. The second-order valence-electron chi connectivity index (χ2n) is 9.35. The number of amides is 2. The molecule has 1 saturated heterocycles. The van der Waals surface area contributed by atoms with E-state index in [2.05, 4.69) is 0 Å². The molecule has 0 radical (unpaired) electrons. The van der Waals surface area contributed by atoms with Crippen molar-refractivity contribution in [3.05, 3.63) is 64.6 Å². The molecule has 35 heavy (non-hydrogen) atoms. The van der Waals surface area contributed by atoms with Crippen molar-refractivity contribution in [3.8, 4) is 0 Å². The number of benzene rings is 2. The molecule has 2 aliphatic rings. The minimum Gasteiger partial charge on any atom is -0.462 e. The molecule has 0 aliphatic carbocycles.